The summed E-state index contributed by atoms with van der Waals surface area (Å²) in [6.45, 7) is 3.34. The molecule has 2 unspecified atom stereocenters. The number of carboxylic acids is 2. The number of rotatable bonds is 6. The minimum Gasteiger partial charge on any atom is -0.481 e. The van der Waals surface area contributed by atoms with Gasteiger partial charge in [-0.15, -0.1) is 0 Å². The van der Waals surface area contributed by atoms with Crippen molar-refractivity contribution in [2.24, 2.45) is 40.6 Å². The van der Waals surface area contributed by atoms with Gasteiger partial charge in [0.15, 0.2) is 0 Å². The SMILES string of the molecule is CC[C@H](C)[C@@](N)(C(N)=O)[C@@]12C(C(=O)O)C(F)C[C@@H]1[C@@H]2C(=O)O. The average molecular weight is 316 g/mol. The quantitative estimate of drug-likeness (QED) is 0.542. The number of alkyl halides is 1. The van der Waals surface area contributed by atoms with Crippen molar-refractivity contribution in [3.05, 3.63) is 0 Å². The van der Waals surface area contributed by atoms with Gasteiger partial charge in [0.2, 0.25) is 5.91 Å². The third-order valence-electron chi connectivity index (χ3n) is 5.82. The van der Waals surface area contributed by atoms with E-state index in [1.807, 2.05) is 0 Å². The molecule has 0 aromatic heterocycles. The molecule has 0 aromatic carbocycles. The number of carbonyl (C=O) groups is 3. The second kappa shape index (κ2) is 4.91. The summed E-state index contributed by atoms with van der Waals surface area (Å²) in [5.74, 6) is -7.86. The molecule has 124 valence electrons. The number of carboxylic acid groups (broad SMARTS) is 2. The normalized spacial score (nSPS) is 40.4. The summed E-state index contributed by atoms with van der Waals surface area (Å²) in [6.07, 6.45) is -1.57. The molecule has 8 heteroatoms. The summed E-state index contributed by atoms with van der Waals surface area (Å²) in [5, 5.41) is 18.8. The van der Waals surface area contributed by atoms with Gasteiger partial charge >= 0.3 is 11.9 Å². The van der Waals surface area contributed by atoms with Crippen LogP contribution in [0.3, 0.4) is 0 Å². The van der Waals surface area contributed by atoms with E-state index in [1.54, 1.807) is 13.8 Å². The molecule has 2 fully saturated rings. The van der Waals surface area contributed by atoms with E-state index in [9.17, 15) is 29.0 Å². The van der Waals surface area contributed by atoms with E-state index in [-0.39, 0.29) is 6.42 Å². The van der Waals surface area contributed by atoms with Gasteiger partial charge in [-0.1, -0.05) is 20.3 Å². The van der Waals surface area contributed by atoms with Crippen molar-refractivity contribution < 1.29 is 29.0 Å². The second-order valence-corrected chi connectivity index (χ2v) is 6.47. The largest absolute Gasteiger partial charge is 0.481 e. The summed E-state index contributed by atoms with van der Waals surface area (Å²) >= 11 is 0. The molecule has 0 radical (unpaired) electrons. The van der Waals surface area contributed by atoms with E-state index in [4.69, 9.17) is 11.5 Å². The van der Waals surface area contributed by atoms with Crippen molar-refractivity contribution in [3.63, 3.8) is 0 Å². The number of primary amides is 1. The topological polar surface area (TPSA) is 144 Å². The minimum atomic E-state index is -1.88. The molecule has 1 amide bonds. The summed E-state index contributed by atoms with van der Waals surface area (Å²) in [5.41, 5.74) is 8.13. The molecular weight excluding hydrogens is 295 g/mol. The van der Waals surface area contributed by atoms with Gasteiger partial charge in [-0.3, -0.25) is 14.4 Å². The van der Waals surface area contributed by atoms with Crippen LogP contribution in [-0.2, 0) is 14.4 Å². The fourth-order valence-electron chi connectivity index (χ4n) is 4.68. The zero-order chi connectivity index (χ0) is 17.0. The van der Waals surface area contributed by atoms with Gasteiger partial charge in [0.25, 0.3) is 0 Å². The zero-order valence-corrected chi connectivity index (χ0v) is 12.5. The summed E-state index contributed by atoms with van der Waals surface area (Å²) in [6, 6.07) is 0. The average Bonchev–Trinajstić information content (AvgIpc) is 2.95. The first-order valence-corrected chi connectivity index (χ1v) is 7.26. The summed E-state index contributed by atoms with van der Waals surface area (Å²) in [7, 11) is 0. The van der Waals surface area contributed by atoms with Crippen LogP contribution in [0.4, 0.5) is 4.39 Å². The predicted molar refractivity (Wildman–Crippen MR) is 73.3 cm³/mol. The van der Waals surface area contributed by atoms with Crippen LogP contribution in [-0.4, -0.2) is 39.8 Å². The molecule has 7 atom stereocenters. The van der Waals surface area contributed by atoms with Crippen molar-refractivity contribution in [2.45, 2.75) is 38.4 Å². The lowest BCUT2D eigenvalue weighted by Crippen LogP contribution is -2.66. The van der Waals surface area contributed by atoms with Crippen LogP contribution in [0, 0.1) is 29.1 Å². The van der Waals surface area contributed by atoms with E-state index in [0.717, 1.165) is 0 Å². The Morgan fingerprint density at radius 3 is 2.18 bits per heavy atom. The molecule has 6 N–H and O–H groups in total. The highest BCUT2D eigenvalue weighted by molar-refractivity contribution is 5.93. The van der Waals surface area contributed by atoms with Crippen molar-refractivity contribution in [1.29, 1.82) is 0 Å². The fourth-order valence-corrected chi connectivity index (χ4v) is 4.68. The first-order chi connectivity index (χ1) is 10.1. The predicted octanol–water partition coefficient (Wildman–Crippen LogP) is -0.0251. The third-order valence-corrected chi connectivity index (χ3v) is 5.82. The Hall–Kier alpha value is -1.70. The molecule has 2 aliphatic rings. The molecule has 0 bridgehead atoms. The van der Waals surface area contributed by atoms with E-state index in [2.05, 4.69) is 0 Å². The van der Waals surface area contributed by atoms with E-state index >= 15 is 0 Å². The van der Waals surface area contributed by atoms with Crippen molar-refractivity contribution in [3.8, 4) is 0 Å². The van der Waals surface area contributed by atoms with Crippen LogP contribution >= 0.6 is 0 Å². The Bertz CT molecular complexity index is 541. The van der Waals surface area contributed by atoms with E-state index in [0.29, 0.717) is 6.42 Å². The van der Waals surface area contributed by atoms with E-state index in [1.165, 1.54) is 0 Å². The Kier molecular flexibility index (Phi) is 3.72. The highest BCUT2D eigenvalue weighted by Gasteiger charge is 2.86. The van der Waals surface area contributed by atoms with Gasteiger partial charge in [0.05, 0.1) is 11.8 Å². The smallest absolute Gasteiger partial charge is 0.310 e. The first-order valence-electron chi connectivity index (χ1n) is 7.26. The molecular formula is C14H21FN2O5. The Balaban J connectivity index is 2.66. The van der Waals surface area contributed by atoms with Crippen LogP contribution < -0.4 is 11.5 Å². The third kappa shape index (κ3) is 1.67. The molecule has 0 spiro atoms. The number of carbonyl (C=O) groups excluding carboxylic acids is 1. The Morgan fingerprint density at radius 2 is 1.82 bits per heavy atom. The van der Waals surface area contributed by atoms with Crippen LogP contribution in [0.2, 0.25) is 0 Å². The zero-order valence-electron chi connectivity index (χ0n) is 12.5. The van der Waals surface area contributed by atoms with Gasteiger partial charge in [-0.05, 0) is 18.3 Å². The number of nitrogens with two attached hydrogens (primary N) is 2. The number of amides is 1. The maximum absolute atomic E-state index is 14.2. The fraction of sp³-hybridized carbons (Fsp3) is 0.786. The number of fused-ring (bicyclic) bond motifs is 1. The molecule has 0 aliphatic heterocycles. The maximum atomic E-state index is 14.2. The van der Waals surface area contributed by atoms with Crippen LogP contribution in [0.1, 0.15) is 26.7 Å². The maximum Gasteiger partial charge on any atom is 0.310 e. The lowest BCUT2D eigenvalue weighted by Gasteiger charge is -2.42. The van der Waals surface area contributed by atoms with Crippen molar-refractivity contribution in [1.82, 2.24) is 0 Å². The van der Waals surface area contributed by atoms with Gasteiger partial charge < -0.3 is 21.7 Å². The number of hydrogen-bond acceptors (Lipinski definition) is 4. The van der Waals surface area contributed by atoms with Crippen molar-refractivity contribution >= 4 is 17.8 Å². The molecule has 22 heavy (non-hydrogen) atoms. The highest BCUT2D eigenvalue weighted by Crippen LogP contribution is 2.76. The molecule has 2 aliphatic carbocycles. The lowest BCUT2D eigenvalue weighted by atomic mass is 9.64. The van der Waals surface area contributed by atoms with Crippen molar-refractivity contribution in [2.75, 3.05) is 0 Å². The number of halogens is 1. The highest BCUT2D eigenvalue weighted by atomic mass is 19.1. The minimum absolute atomic E-state index is 0.226. The Labute approximate surface area is 126 Å². The molecule has 0 aromatic rings. The van der Waals surface area contributed by atoms with Gasteiger partial charge in [0, 0.05) is 5.41 Å². The Morgan fingerprint density at radius 1 is 1.32 bits per heavy atom. The van der Waals surface area contributed by atoms with Gasteiger partial charge in [-0.25, -0.2) is 4.39 Å². The summed E-state index contributed by atoms with van der Waals surface area (Å²) < 4.78 is 14.2. The monoisotopic (exact) mass is 316 g/mol. The van der Waals surface area contributed by atoms with E-state index < -0.39 is 58.6 Å². The van der Waals surface area contributed by atoms with Crippen LogP contribution in [0.15, 0.2) is 0 Å². The summed E-state index contributed by atoms with van der Waals surface area (Å²) in [4.78, 5) is 35.1. The molecule has 2 saturated carbocycles. The lowest BCUT2D eigenvalue weighted by molar-refractivity contribution is -0.152. The molecule has 2 rings (SSSR count). The molecule has 0 heterocycles. The number of hydrogen-bond donors (Lipinski definition) is 4. The van der Waals surface area contributed by atoms with Crippen LogP contribution in [0.25, 0.3) is 0 Å². The first kappa shape index (κ1) is 16.7. The number of aliphatic carboxylic acids is 2. The van der Waals surface area contributed by atoms with Gasteiger partial charge in [-0.2, -0.15) is 0 Å². The van der Waals surface area contributed by atoms with Crippen LogP contribution in [0.5, 0.6) is 0 Å². The van der Waals surface area contributed by atoms with Gasteiger partial charge in [0.1, 0.15) is 11.7 Å². The second-order valence-electron chi connectivity index (χ2n) is 6.47. The standard InChI is InChI=1S/C14H21FN2O5/c1-3-5(2)14(17,12(16)22)13-6(8(13)10(18)19)4-7(15)9(13)11(20)21/h5-9H,3-4,17H2,1-2H3,(H2,16,22)(H,18,19)(H,20,21)/t5-,6+,7?,8+,9?,13-,14+/m0/s1. The molecule has 7 nitrogen and oxygen atoms in total. The molecule has 0 saturated heterocycles.